The van der Waals surface area contributed by atoms with Gasteiger partial charge in [-0.05, 0) is 42.2 Å². The van der Waals surface area contributed by atoms with Crippen LogP contribution in [0.3, 0.4) is 0 Å². The first-order valence-electron chi connectivity index (χ1n) is 8.96. The van der Waals surface area contributed by atoms with Crippen LogP contribution in [0.15, 0.2) is 48.5 Å². The Morgan fingerprint density at radius 1 is 1.04 bits per heavy atom. The van der Waals surface area contributed by atoms with Crippen LogP contribution in [0.25, 0.3) is 0 Å². The Balaban J connectivity index is 2.21. The number of ether oxygens (including phenoxy) is 1. The molecule has 1 atom stereocenters. The van der Waals surface area contributed by atoms with E-state index in [2.05, 4.69) is 19.9 Å². The maximum Gasteiger partial charge on any atom is 0.193 e. The molecule has 24 heavy (non-hydrogen) atoms. The van der Waals surface area contributed by atoms with E-state index in [1.165, 1.54) is 24.8 Å². The van der Waals surface area contributed by atoms with E-state index in [1.807, 2.05) is 42.5 Å². The van der Waals surface area contributed by atoms with Crippen LogP contribution < -0.4 is 4.74 Å². The number of ketones is 1. The molecule has 128 valence electrons. The zero-order valence-electron chi connectivity index (χ0n) is 15.0. The molecule has 0 bridgehead atoms. The number of carbonyl (C=O) groups is 1. The summed E-state index contributed by atoms with van der Waals surface area (Å²) < 4.78 is 5.17. The minimum Gasteiger partial charge on any atom is -0.497 e. The molecule has 0 heterocycles. The van der Waals surface area contributed by atoms with Crippen LogP contribution in [0.5, 0.6) is 5.75 Å². The number of hydrogen-bond donors (Lipinski definition) is 0. The van der Waals surface area contributed by atoms with Gasteiger partial charge < -0.3 is 4.74 Å². The molecule has 2 nitrogen and oxygen atoms in total. The third-order valence-electron chi connectivity index (χ3n) is 4.67. The number of hydrogen-bond acceptors (Lipinski definition) is 2. The summed E-state index contributed by atoms with van der Waals surface area (Å²) in [6.45, 7) is 4.47. The van der Waals surface area contributed by atoms with Crippen LogP contribution in [0, 0.1) is 5.92 Å². The molecule has 0 aliphatic carbocycles. The standard InChI is InChI=1S/C22H28O2/c1-4-6-9-17(5-2)16-19-10-7-8-11-21(19)22(23)18-12-14-20(24-3)15-13-18/h7-8,10-15,17H,4-6,9,16H2,1-3H3. The average molecular weight is 324 g/mol. The van der Waals surface area contributed by atoms with Crippen molar-refractivity contribution in [3.63, 3.8) is 0 Å². The molecule has 0 spiro atoms. The summed E-state index contributed by atoms with van der Waals surface area (Å²) in [5.74, 6) is 1.51. The largest absolute Gasteiger partial charge is 0.497 e. The number of methoxy groups -OCH3 is 1. The predicted octanol–water partition coefficient (Wildman–Crippen LogP) is 5.69. The summed E-state index contributed by atoms with van der Waals surface area (Å²) in [6, 6.07) is 15.4. The van der Waals surface area contributed by atoms with Gasteiger partial charge >= 0.3 is 0 Å². The summed E-state index contributed by atoms with van der Waals surface area (Å²) in [6.07, 6.45) is 5.85. The first kappa shape index (κ1) is 18.3. The second-order valence-electron chi connectivity index (χ2n) is 6.34. The number of rotatable bonds is 9. The highest BCUT2D eigenvalue weighted by Gasteiger charge is 2.16. The lowest BCUT2D eigenvalue weighted by atomic mass is 9.88. The van der Waals surface area contributed by atoms with E-state index in [0.717, 1.165) is 24.2 Å². The molecule has 2 aromatic carbocycles. The highest BCUT2D eigenvalue weighted by Crippen LogP contribution is 2.23. The molecule has 1 unspecified atom stereocenters. The molecule has 2 aromatic rings. The van der Waals surface area contributed by atoms with E-state index in [1.54, 1.807) is 7.11 Å². The zero-order chi connectivity index (χ0) is 17.4. The number of benzene rings is 2. The van der Waals surface area contributed by atoms with Gasteiger partial charge in [-0.2, -0.15) is 0 Å². The van der Waals surface area contributed by atoms with Crippen molar-refractivity contribution in [2.24, 2.45) is 5.92 Å². The minimum absolute atomic E-state index is 0.0959. The minimum atomic E-state index is 0.0959. The SMILES string of the molecule is CCCCC(CC)Cc1ccccc1C(=O)c1ccc(OC)cc1. The second kappa shape index (κ2) is 9.27. The molecule has 0 aliphatic rings. The summed E-state index contributed by atoms with van der Waals surface area (Å²) in [4.78, 5) is 12.9. The maximum atomic E-state index is 12.9. The Hall–Kier alpha value is -2.09. The zero-order valence-corrected chi connectivity index (χ0v) is 15.0. The Labute approximate surface area is 145 Å². The van der Waals surface area contributed by atoms with Gasteiger partial charge in [0.05, 0.1) is 7.11 Å². The average Bonchev–Trinajstić information content (AvgIpc) is 2.65. The van der Waals surface area contributed by atoms with Crippen molar-refractivity contribution in [3.8, 4) is 5.75 Å². The van der Waals surface area contributed by atoms with Crippen molar-refractivity contribution in [2.75, 3.05) is 7.11 Å². The molecule has 0 aromatic heterocycles. The van der Waals surface area contributed by atoms with Crippen LogP contribution >= 0.6 is 0 Å². The molecule has 0 saturated heterocycles. The molecular weight excluding hydrogens is 296 g/mol. The van der Waals surface area contributed by atoms with Crippen LogP contribution in [-0.4, -0.2) is 12.9 Å². The van der Waals surface area contributed by atoms with E-state index < -0.39 is 0 Å². The van der Waals surface area contributed by atoms with Crippen LogP contribution in [0.2, 0.25) is 0 Å². The van der Waals surface area contributed by atoms with Gasteiger partial charge in [0.25, 0.3) is 0 Å². The molecular formula is C22H28O2. The topological polar surface area (TPSA) is 26.3 Å². The predicted molar refractivity (Wildman–Crippen MR) is 99.9 cm³/mol. The van der Waals surface area contributed by atoms with Gasteiger partial charge in [-0.25, -0.2) is 0 Å². The monoisotopic (exact) mass is 324 g/mol. The Morgan fingerprint density at radius 3 is 2.38 bits per heavy atom. The second-order valence-corrected chi connectivity index (χ2v) is 6.34. The fraction of sp³-hybridized carbons (Fsp3) is 0.409. The Kier molecular flexibility index (Phi) is 7.05. The highest BCUT2D eigenvalue weighted by molar-refractivity contribution is 6.09. The molecule has 0 aliphatic heterocycles. The summed E-state index contributed by atoms with van der Waals surface area (Å²) in [7, 11) is 1.63. The normalized spacial score (nSPS) is 12.0. The lowest BCUT2D eigenvalue weighted by Crippen LogP contribution is -2.10. The van der Waals surface area contributed by atoms with E-state index >= 15 is 0 Å². The van der Waals surface area contributed by atoms with Crippen molar-refractivity contribution < 1.29 is 9.53 Å². The van der Waals surface area contributed by atoms with Crippen molar-refractivity contribution >= 4 is 5.78 Å². The quantitative estimate of drug-likeness (QED) is 0.554. The van der Waals surface area contributed by atoms with Gasteiger partial charge in [0.2, 0.25) is 0 Å². The smallest absolute Gasteiger partial charge is 0.193 e. The van der Waals surface area contributed by atoms with E-state index in [0.29, 0.717) is 11.5 Å². The molecule has 0 saturated carbocycles. The highest BCUT2D eigenvalue weighted by atomic mass is 16.5. The first-order valence-corrected chi connectivity index (χ1v) is 8.96. The summed E-state index contributed by atoms with van der Waals surface area (Å²) in [5, 5.41) is 0. The third-order valence-corrected chi connectivity index (χ3v) is 4.67. The Morgan fingerprint density at radius 2 is 1.75 bits per heavy atom. The lowest BCUT2D eigenvalue weighted by molar-refractivity contribution is 0.103. The fourth-order valence-electron chi connectivity index (χ4n) is 3.07. The lowest BCUT2D eigenvalue weighted by Gasteiger charge is -2.17. The van der Waals surface area contributed by atoms with Gasteiger partial charge in [-0.1, -0.05) is 63.8 Å². The number of unbranched alkanes of at least 4 members (excludes halogenated alkanes) is 1. The van der Waals surface area contributed by atoms with Crippen molar-refractivity contribution in [3.05, 3.63) is 65.2 Å². The molecule has 0 N–H and O–H groups in total. The third kappa shape index (κ3) is 4.70. The van der Waals surface area contributed by atoms with Gasteiger partial charge in [0.1, 0.15) is 5.75 Å². The summed E-state index contributed by atoms with van der Waals surface area (Å²) in [5.41, 5.74) is 2.71. The van der Waals surface area contributed by atoms with E-state index in [9.17, 15) is 4.79 Å². The van der Waals surface area contributed by atoms with Gasteiger partial charge in [-0.15, -0.1) is 0 Å². The van der Waals surface area contributed by atoms with E-state index in [4.69, 9.17) is 4.74 Å². The maximum absolute atomic E-state index is 12.9. The van der Waals surface area contributed by atoms with Crippen LogP contribution in [0.1, 0.15) is 61.0 Å². The first-order chi connectivity index (χ1) is 11.7. The Bertz CT molecular complexity index is 643. The molecule has 2 rings (SSSR count). The number of carbonyl (C=O) groups excluding carboxylic acids is 1. The molecule has 2 heteroatoms. The van der Waals surface area contributed by atoms with Gasteiger partial charge in [0, 0.05) is 11.1 Å². The van der Waals surface area contributed by atoms with E-state index in [-0.39, 0.29) is 5.78 Å². The molecule has 0 radical (unpaired) electrons. The fourth-order valence-corrected chi connectivity index (χ4v) is 3.07. The summed E-state index contributed by atoms with van der Waals surface area (Å²) >= 11 is 0. The molecule has 0 fully saturated rings. The molecule has 0 amide bonds. The van der Waals surface area contributed by atoms with Crippen molar-refractivity contribution in [2.45, 2.75) is 46.0 Å². The van der Waals surface area contributed by atoms with Crippen molar-refractivity contribution in [1.29, 1.82) is 0 Å². The van der Waals surface area contributed by atoms with Crippen LogP contribution in [-0.2, 0) is 6.42 Å². The van der Waals surface area contributed by atoms with Gasteiger partial charge in [-0.3, -0.25) is 4.79 Å². The van der Waals surface area contributed by atoms with Gasteiger partial charge in [0.15, 0.2) is 5.78 Å². The van der Waals surface area contributed by atoms with Crippen LogP contribution in [0.4, 0.5) is 0 Å². The van der Waals surface area contributed by atoms with Crippen molar-refractivity contribution in [1.82, 2.24) is 0 Å².